The van der Waals surface area contributed by atoms with Crippen molar-refractivity contribution >= 4 is 11.9 Å². The van der Waals surface area contributed by atoms with Crippen molar-refractivity contribution in [2.75, 3.05) is 6.54 Å². The van der Waals surface area contributed by atoms with Crippen molar-refractivity contribution < 1.29 is 14.7 Å². The van der Waals surface area contributed by atoms with Gasteiger partial charge in [0, 0.05) is 24.9 Å². The van der Waals surface area contributed by atoms with Gasteiger partial charge < -0.3 is 16.2 Å². The Bertz CT molecular complexity index is 234. The maximum atomic E-state index is 11.3. The van der Waals surface area contributed by atoms with E-state index in [2.05, 4.69) is 5.32 Å². The first-order valence-electron chi connectivity index (χ1n) is 5.58. The number of nitrogens with two attached hydrogens (primary N) is 1. The number of carboxylic acids is 1. The molecule has 0 unspecified atom stereocenters. The van der Waals surface area contributed by atoms with Crippen molar-refractivity contribution in [2.45, 2.75) is 51.5 Å². The smallest absolute Gasteiger partial charge is 0.303 e. The number of amides is 1. The van der Waals surface area contributed by atoms with E-state index in [-0.39, 0.29) is 17.9 Å². The molecule has 0 aromatic carbocycles. The fraction of sp³-hybridized carbons (Fsp3) is 0.818. The zero-order chi connectivity index (χ0) is 12.6. The lowest BCUT2D eigenvalue weighted by Gasteiger charge is -2.17. The highest BCUT2D eigenvalue weighted by molar-refractivity contribution is 5.75. The van der Waals surface area contributed by atoms with Crippen LogP contribution in [0.25, 0.3) is 0 Å². The second-order valence-corrected chi connectivity index (χ2v) is 4.69. The zero-order valence-electron chi connectivity index (χ0n) is 10.1. The molecule has 0 spiro atoms. The van der Waals surface area contributed by atoms with Crippen LogP contribution < -0.4 is 11.1 Å². The summed E-state index contributed by atoms with van der Waals surface area (Å²) < 4.78 is 0. The summed E-state index contributed by atoms with van der Waals surface area (Å²) >= 11 is 0. The van der Waals surface area contributed by atoms with E-state index in [4.69, 9.17) is 10.8 Å². The topological polar surface area (TPSA) is 92.4 Å². The number of carbonyl (C=O) groups is 2. The zero-order valence-corrected chi connectivity index (χ0v) is 10.1. The molecule has 1 amide bonds. The molecule has 0 aliphatic rings. The number of carboxylic acid groups (broad SMARTS) is 1. The number of hydrogen-bond donors (Lipinski definition) is 3. The van der Waals surface area contributed by atoms with E-state index in [1.54, 1.807) is 0 Å². The maximum absolute atomic E-state index is 11.3. The lowest BCUT2D eigenvalue weighted by molar-refractivity contribution is -0.137. The molecule has 0 aromatic rings. The molecule has 94 valence electrons. The van der Waals surface area contributed by atoms with Gasteiger partial charge in [0.25, 0.3) is 0 Å². The number of unbranched alkanes of at least 4 members (excludes halogenated alkanes) is 1. The minimum atomic E-state index is -0.795. The van der Waals surface area contributed by atoms with E-state index in [1.807, 2.05) is 13.8 Å². The van der Waals surface area contributed by atoms with Gasteiger partial charge in [-0.05, 0) is 33.1 Å². The predicted molar refractivity (Wildman–Crippen MR) is 62.0 cm³/mol. The Morgan fingerprint density at radius 3 is 2.38 bits per heavy atom. The summed E-state index contributed by atoms with van der Waals surface area (Å²) in [5, 5.41) is 11.1. The molecule has 0 rings (SSSR count). The van der Waals surface area contributed by atoms with Gasteiger partial charge in [-0.2, -0.15) is 0 Å². The number of carbonyl (C=O) groups excluding carboxylic acids is 1. The van der Waals surface area contributed by atoms with Crippen LogP contribution in [0.4, 0.5) is 0 Å². The fourth-order valence-corrected chi connectivity index (χ4v) is 1.15. The largest absolute Gasteiger partial charge is 0.481 e. The molecule has 16 heavy (non-hydrogen) atoms. The highest BCUT2D eigenvalue weighted by Gasteiger charge is 2.12. The maximum Gasteiger partial charge on any atom is 0.303 e. The van der Waals surface area contributed by atoms with Crippen LogP contribution in [0.1, 0.15) is 46.0 Å². The molecule has 5 heteroatoms. The van der Waals surface area contributed by atoms with Crippen LogP contribution in [0.5, 0.6) is 0 Å². The molecular formula is C11H22N2O3. The molecule has 0 radical (unpaired) electrons. The molecular weight excluding hydrogens is 208 g/mol. The average Bonchev–Trinajstić information content (AvgIpc) is 2.12. The average molecular weight is 230 g/mol. The Balaban J connectivity index is 3.41. The summed E-state index contributed by atoms with van der Waals surface area (Å²) in [4.78, 5) is 21.5. The highest BCUT2D eigenvalue weighted by Crippen LogP contribution is 2.06. The van der Waals surface area contributed by atoms with Gasteiger partial charge in [-0.3, -0.25) is 9.59 Å². The van der Waals surface area contributed by atoms with Crippen LogP contribution in [0.2, 0.25) is 0 Å². The summed E-state index contributed by atoms with van der Waals surface area (Å²) in [5.41, 5.74) is 5.43. The Morgan fingerprint density at radius 1 is 1.25 bits per heavy atom. The van der Waals surface area contributed by atoms with Gasteiger partial charge in [-0.1, -0.05) is 0 Å². The van der Waals surface area contributed by atoms with Gasteiger partial charge in [0.15, 0.2) is 0 Å². The Morgan fingerprint density at radius 2 is 1.88 bits per heavy atom. The molecule has 0 aromatic heterocycles. The first kappa shape index (κ1) is 14.9. The summed E-state index contributed by atoms with van der Waals surface area (Å²) in [6.07, 6.45) is 2.52. The molecule has 0 atom stereocenters. The second kappa shape index (κ2) is 7.22. The molecule has 0 aliphatic carbocycles. The van der Waals surface area contributed by atoms with Crippen molar-refractivity contribution in [1.82, 2.24) is 5.32 Å². The van der Waals surface area contributed by atoms with Crippen molar-refractivity contribution in [3.05, 3.63) is 0 Å². The molecule has 0 fully saturated rings. The van der Waals surface area contributed by atoms with Gasteiger partial charge in [-0.25, -0.2) is 0 Å². The number of aliphatic carboxylic acids is 1. The first-order chi connectivity index (χ1) is 7.31. The predicted octanol–water partition coefficient (Wildman–Crippen LogP) is 0.875. The van der Waals surface area contributed by atoms with Crippen LogP contribution >= 0.6 is 0 Å². The molecule has 0 bridgehead atoms. The normalized spacial score (nSPS) is 11.2. The lowest BCUT2D eigenvalue weighted by Crippen LogP contribution is -2.34. The third-order valence-electron chi connectivity index (χ3n) is 2.14. The Kier molecular flexibility index (Phi) is 6.72. The Hall–Kier alpha value is -1.10. The van der Waals surface area contributed by atoms with Crippen molar-refractivity contribution in [3.63, 3.8) is 0 Å². The van der Waals surface area contributed by atoms with E-state index >= 15 is 0 Å². The van der Waals surface area contributed by atoms with Crippen LogP contribution in [0.15, 0.2) is 0 Å². The van der Waals surface area contributed by atoms with E-state index in [1.165, 1.54) is 0 Å². The third kappa shape index (κ3) is 11.0. The van der Waals surface area contributed by atoms with Crippen LogP contribution in [0.3, 0.4) is 0 Å². The molecule has 5 nitrogen and oxygen atoms in total. The van der Waals surface area contributed by atoms with Gasteiger partial charge in [0.05, 0.1) is 0 Å². The first-order valence-corrected chi connectivity index (χ1v) is 5.58. The monoisotopic (exact) mass is 230 g/mol. The number of nitrogens with one attached hydrogen (secondary N) is 1. The fourth-order valence-electron chi connectivity index (χ4n) is 1.15. The van der Waals surface area contributed by atoms with Crippen LogP contribution in [-0.4, -0.2) is 29.1 Å². The Labute approximate surface area is 96.4 Å². The van der Waals surface area contributed by atoms with Gasteiger partial charge >= 0.3 is 5.97 Å². The number of rotatable bonds is 8. The molecule has 0 aliphatic heterocycles. The minimum Gasteiger partial charge on any atom is -0.481 e. The molecule has 0 heterocycles. The molecule has 0 saturated carbocycles. The SMILES string of the molecule is CC(C)(N)CCC(=O)NCCCCC(=O)O. The van der Waals surface area contributed by atoms with E-state index < -0.39 is 5.97 Å². The highest BCUT2D eigenvalue weighted by atomic mass is 16.4. The molecule has 4 N–H and O–H groups in total. The van der Waals surface area contributed by atoms with Crippen LogP contribution in [-0.2, 0) is 9.59 Å². The number of hydrogen-bond acceptors (Lipinski definition) is 3. The summed E-state index contributed by atoms with van der Waals surface area (Å²) in [6, 6.07) is 0. The van der Waals surface area contributed by atoms with E-state index in [0.717, 1.165) is 0 Å². The third-order valence-corrected chi connectivity index (χ3v) is 2.14. The second-order valence-electron chi connectivity index (χ2n) is 4.69. The quantitative estimate of drug-likeness (QED) is 0.539. The molecule has 0 saturated heterocycles. The lowest BCUT2D eigenvalue weighted by atomic mass is 10.00. The van der Waals surface area contributed by atoms with Gasteiger partial charge in [0.1, 0.15) is 0 Å². The van der Waals surface area contributed by atoms with Crippen molar-refractivity contribution in [3.8, 4) is 0 Å². The van der Waals surface area contributed by atoms with Crippen LogP contribution in [0, 0.1) is 0 Å². The van der Waals surface area contributed by atoms with E-state index in [9.17, 15) is 9.59 Å². The van der Waals surface area contributed by atoms with Crippen molar-refractivity contribution in [2.24, 2.45) is 5.73 Å². The summed E-state index contributed by atoms with van der Waals surface area (Å²) in [5.74, 6) is -0.815. The van der Waals surface area contributed by atoms with Crippen molar-refractivity contribution in [1.29, 1.82) is 0 Å². The van der Waals surface area contributed by atoms with Gasteiger partial charge in [-0.15, -0.1) is 0 Å². The van der Waals surface area contributed by atoms with Gasteiger partial charge in [0.2, 0.25) is 5.91 Å². The van der Waals surface area contributed by atoms with E-state index in [0.29, 0.717) is 32.2 Å². The summed E-state index contributed by atoms with van der Waals surface area (Å²) in [7, 11) is 0. The minimum absolute atomic E-state index is 0.0196. The standard InChI is InChI=1S/C11H22N2O3/c1-11(2,12)7-6-9(14)13-8-4-3-5-10(15)16/h3-8,12H2,1-2H3,(H,13,14)(H,15,16). The summed E-state index contributed by atoms with van der Waals surface area (Å²) in [6.45, 7) is 4.30.